The fourth-order valence-electron chi connectivity index (χ4n) is 2.31. The van der Waals surface area contributed by atoms with E-state index in [2.05, 4.69) is 5.32 Å². The van der Waals surface area contributed by atoms with Crippen LogP contribution in [0.5, 0.6) is 0 Å². The Morgan fingerprint density at radius 3 is 2.62 bits per heavy atom. The molecule has 0 bridgehead atoms. The molecule has 7 heteroatoms. The minimum atomic E-state index is -3.09. The SMILES string of the molecule is Cc1cccc(NC(=O)C(=O)N(C)C2CCS(=O)(=O)C2)c1. The van der Waals surface area contributed by atoms with Gasteiger partial charge in [0.2, 0.25) is 0 Å². The summed E-state index contributed by atoms with van der Waals surface area (Å²) in [5.74, 6) is -1.49. The lowest BCUT2D eigenvalue weighted by molar-refractivity contribution is -0.143. The Labute approximate surface area is 124 Å². The third kappa shape index (κ3) is 3.81. The van der Waals surface area contributed by atoms with Gasteiger partial charge < -0.3 is 10.2 Å². The molecule has 0 saturated carbocycles. The molecule has 1 fully saturated rings. The molecule has 2 amide bonds. The Morgan fingerprint density at radius 2 is 2.05 bits per heavy atom. The second kappa shape index (κ2) is 5.85. The van der Waals surface area contributed by atoms with Gasteiger partial charge in [0.25, 0.3) is 0 Å². The molecule has 1 N–H and O–H groups in total. The molecule has 1 aromatic carbocycles. The monoisotopic (exact) mass is 310 g/mol. The summed E-state index contributed by atoms with van der Waals surface area (Å²) in [6, 6.07) is 6.68. The molecule has 21 heavy (non-hydrogen) atoms. The first-order chi connectivity index (χ1) is 9.78. The topological polar surface area (TPSA) is 83.6 Å². The fourth-order valence-corrected chi connectivity index (χ4v) is 4.09. The summed E-state index contributed by atoms with van der Waals surface area (Å²) in [4.78, 5) is 25.2. The molecule has 1 unspecified atom stereocenters. The number of carbonyl (C=O) groups excluding carboxylic acids is 2. The quantitative estimate of drug-likeness (QED) is 0.810. The zero-order chi connectivity index (χ0) is 15.6. The van der Waals surface area contributed by atoms with E-state index in [-0.39, 0.29) is 11.5 Å². The van der Waals surface area contributed by atoms with Gasteiger partial charge >= 0.3 is 11.8 Å². The van der Waals surface area contributed by atoms with E-state index >= 15 is 0 Å². The fraction of sp³-hybridized carbons (Fsp3) is 0.429. The van der Waals surface area contributed by atoms with Gasteiger partial charge in [-0.2, -0.15) is 0 Å². The predicted octanol–water partition coefficient (Wildman–Crippen LogP) is 0.579. The zero-order valence-corrected chi connectivity index (χ0v) is 12.8. The summed E-state index contributed by atoms with van der Waals surface area (Å²) in [6.45, 7) is 1.88. The molecular weight excluding hydrogens is 292 g/mol. The van der Waals surface area contributed by atoms with Crippen LogP contribution in [-0.4, -0.2) is 49.7 Å². The van der Waals surface area contributed by atoms with Crippen molar-refractivity contribution in [1.82, 2.24) is 4.90 Å². The third-order valence-corrected chi connectivity index (χ3v) is 5.30. The number of benzene rings is 1. The highest BCUT2D eigenvalue weighted by atomic mass is 32.2. The van der Waals surface area contributed by atoms with E-state index in [1.165, 1.54) is 11.9 Å². The Hall–Kier alpha value is -1.89. The number of carbonyl (C=O) groups is 2. The van der Waals surface area contributed by atoms with E-state index in [0.717, 1.165) is 5.56 Å². The molecule has 1 aromatic rings. The summed E-state index contributed by atoms with van der Waals surface area (Å²) in [6.07, 6.45) is 0.377. The molecule has 1 aliphatic rings. The number of hydrogen-bond donors (Lipinski definition) is 1. The molecule has 2 rings (SSSR count). The van der Waals surface area contributed by atoms with Crippen molar-refractivity contribution < 1.29 is 18.0 Å². The number of aryl methyl sites for hydroxylation is 1. The summed E-state index contributed by atoms with van der Waals surface area (Å²) in [5.41, 5.74) is 1.51. The number of hydrogen-bond acceptors (Lipinski definition) is 4. The van der Waals surface area contributed by atoms with E-state index in [4.69, 9.17) is 0 Å². The van der Waals surface area contributed by atoms with Crippen molar-refractivity contribution >= 4 is 27.3 Å². The molecule has 1 aliphatic heterocycles. The number of anilines is 1. The minimum absolute atomic E-state index is 0.0643. The standard InChI is InChI=1S/C14H18N2O4S/c1-10-4-3-5-11(8-10)15-13(17)14(18)16(2)12-6-7-21(19,20)9-12/h3-5,8,12H,6-7,9H2,1-2H3,(H,15,17). The molecule has 1 saturated heterocycles. The summed E-state index contributed by atoms with van der Waals surface area (Å²) < 4.78 is 22.9. The van der Waals surface area contributed by atoms with Crippen molar-refractivity contribution in [2.24, 2.45) is 0 Å². The second-order valence-electron chi connectivity index (χ2n) is 5.30. The molecule has 1 heterocycles. The van der Waals surface area contributed by atoms with E-state index in [9.17, 15) is 18.0 Å². The average Bonchev–Trinajstić information content (AvgIpc) is 2.77. The maximum atomic E-state index is 12.0. The molecular formula is C14H18N2O4S. The minimum Gasteiger partial charge on any atom is -0.333 e. The molecule has 0 aromatic heterocycles. The lowest BCUT2D eigenvalue weighted by Gasteiger charge is -2.22. The molecule has 114 valence electrons. The Bertz CT molecular complexity index is 669. The highest BCUT2D eigenvalue weighted by Gasteiger charge is 2.34. The van der Waals surface area contributed by atoms with Crippen LogP contribution in [0.15, 0.2) is 24.3 Å². The predicted molar refractivity (Wildman–Crippen MR) is 79.6 cm³/mol. The van der Waals surface area contributed by atoms with Crippen LogP contribution in [0, 0.1) is 6.92 Å². The Kier molecular flexibility index (Phi) is 4.32. The first-order valence-corrected chi connectivity index (χ1v) is 8.46. The van der Waals surface area contributed by atoms with E-state index < -0.39 is 27.7 Å². The van der Waals surface area contributed by atoms with Gasteiger partial charge in [-0.05, 0) is 31.0 Å². The molecule has 1 atom stereocenters. The van der Waals surface area contributed by atoms with Crippen LogP contribution in [0.1, 0.15) is 12.0 Å². The van der Waals surface area contributed by atoms with Gasteiger partial charge in [-0.1, -0.05) is 12.1 Å². The van der Waals surface area contributed by atoms with Gasteiger partial charge in [-0.15, -0.1) is 0 Å². The van der Waals surface area contributed by atoms with Crippen molar-refractivity contribution in [3.05, 3.63) is 29.8 Å². The lowest BCUT2D eigenvalue weighted by atomic mass is 10.2. The number of likely N-dealkylation sites (N-methyl/N-ethyl adjacent to an activating group) is 1. The van der Waals surface area contributed by atoms with Crippen molar-refractivity contribution in [3.63, 3.8) is 0 Å². The smallest absolute Gasteiger partial charge is 0.313 e. The molecule has 0 aliphatic carbocycles. The number of nitrogens with zero attached hydrogens (tertiary/aromatic N) is 1. The van der Waals surface area contributed by atoms with Crippen LogP contribution in [0.3, 0.4) is 0 Å². The molecule has 0 spiro atoms. The van der Waals surface area contributed by atoms with Crippen LogP contribution in [-0.2, 0) is 19.4 Å². The normalized spacial score (nSPS) is 20.0. The highest BCUT2D eigenvalue weighted by molar-refractivity contribution is 7.91. The van der Waals surface area contributed by atoms with Gasteiger partial charge in [0.15, 0.2) is 9.84 Å². The number of amides is 2. The van der Waals surface area contributed by atoms with Crippen LogP contribution in [0.2, 0.25) is 0 Å². The van der Waals surface area contributed by atoms with E-state index in [1.807, 2.05) is 13.0 Å². The van der Waals surface area contributed by atoms with Gasteiger partial charge in [0.05, 0.1) is 11.5 Å². The number of rotatable bonds is 2. The van der Waals surface area contributed by atoms with Gasteiger partial charge in [-0.3, -0.25) is 9.59 Å². The van der Waals surface area contributed by atoms with Gasteiger partial charge in [0, 0.05) is 18.8 Å². The van der Waals surface area contributed by atoms with Crippen molar-refractivity contribution in [2.45, 2.75) is 19.4 Å². The van der Waals surface area contributed by atoms with E-state index in [0.29, 0.717) is 12.1 Å². The lowest BCUT2D eigenvalue weighted by Crippen LogP contribution is -2.43. The summed E-state index contributed by atoms with van der Waals surface area (Å²) in [7, 11) is -1.63. The van der Waals surface area contributed by atoms with Crippen molar-refractivity contribution in [2.75, 3.05) is 23.9 Å². The molecule has 6 nitrogen and oxygen atoms in total. The summed E-state index contributed by atoms with van der Waals surface area (Å²) >= 11 is 0. The number of nitrogens with one attached hydrogen (secondary N) is 1. The van der Waals surface area contributed by atoms with Crippen LogP contribution < -0.4 is 5.32 Å². The third-order valence-electron chi connectivity index (χ3n) is 3.55. The van der Waals surface area contributed by atoms with Crippen LogP contribution in [0.4, 0.5) is 5.69 Å². The zero-order valence-electron chi connectivity index (χ0n) is 12.0. The first kappa shape index (κ1) is 15.5. The second-order valence-corrected chi connectivity index (χ2v) is 7.53. The molecule has 0 radical (unpaired) electrons. The summed E-state index contributed by atoms with van der Waals surface area (Å²) in [5, 5.41) is 2.53. The largest absolute Gasteiger partial charge is 0.333 e. The Balaban J connectivity index is 2.01. The number of sulfone groups is 1. The van der Waals surface area contributed by atoms with E-state index in [1.54, 1.807) is 18.2 Å². The maximum Gasteiger partial charge on any atom is 0.313 e. The average molecular weight is 310 g/mol. The van der Waals surface area contributed by atoms with Crippen molar-refractivity contribution in [1.29, 1.82) is 0 Å². The van der Waals surface area contributed by atoms with Crippen molar-refractivity contribution in [3.8, 4) is 0 Å². The first-order valence-electron chi connectivity index (χ1n) is 6.64. The van der Waals surface area contributed by atoms with Gasteiger partial charge in [0.1, 0.15) is 0 Å². The maximum absolute atomic E-state index is 12.0. The van der Waals surface area contributed by atoms with Crippen LogP contribution >= 0.6 is 0 Å². The highest BCUT2D eigenvalue weighted by Crippen LogP contribution is 2.17. The van der Waals surface area contributed by atoms with Crippen LogP contribution in [0.25, 0.3) is 0 Å². The Morgan fingerprint density at radius 1 is 1.33 bits per heavy atom. The van der Waals surface area contributed by atoms with Gasteiger partial charge in [-0.25, -0.2) is 8.42 Å².